The van der Waals surface area contributed by atoms with Crippen LogP contribution in [0.2, 0.25) is 0 Å². The summed E-state index contributed by atoms with van der Waals surface area (Å²) in [5.41, 5.74) is 0.503. The lowest BCUT2D eigenvalue weighted by Crippen LogP contribution is -2.39. The summed E-state index contributed by atoms with van der Waals surface area (Å²) in [6, 6.07) is 2.14. The topological polar surface area (TPSA) is 41.1 Å². The largest absolute Gasteiger partial charge is 0.357 e. The van der Waals surface area contributed by atoms with E-state index in [1.807, 2.05) is 7.05 Å². The number of anilines is 2. The van der Waals surface area contributed by atoms with Crippen LogP contribution in [0.4, 0.5) is 11.8 Å². The highest BCUT2D eigenvalue weighted by Gasteiger charge is 2.29. The fourth-order valence-corrected chi connectivity index (χ4v) is 3.56. The summed E-state index contributed by atoms with van der Waals surface area (Å²) in [5, 5.41) is 6.36. The number of rotatable bonds is 3. The van der Waals surface area contributed by atoms with Crippen LogP contribution in [0, 0.1) is 5.41 Å². The van der Waals surface area contributed by atoms with Crippen molar-refractivity contribution in [2.45, 2.75) is 33.1 Å². The Bertz CT molecular complexity index is 599. The first-order valence-electron chi connectivity index (χ1n) is 7.33. The molecule has 0 atom stereocenters. The zero-order chi connectivity index (χ0) is 14.2. The molecule has 1 saturated heterocycles. The average Bonchev–Trinajstić information content (AvgIpc) is 2.95. The second kappa shape index (κ2) is 5.20. The summed E-state index contributed by atoms with van der Waals surface area (Å²) in [6.07, 6.45) is 3.75. The monoisotopic (exact) mass is 290 g/mol. The van der Waals surface area contributed by atoms with Crippen LogP contribution in [0.15, 0.2) is 11.4 Å². The van der Waals surface area contributed by atoms with Gasteiger partial charge in [-0.3, -0.25) is 0 Å². The Morgan fingerprint density at radius 2 is 2.10 bits per heavy atom. The van der Waals surface area contributed by atoms with E-state index in [0.717, 1.165) is 29.7 Å². The van der Waals surface area contributed by atoms with Crippen LogP contribution in [0.25, 0.3) is 10.2 Å². The van der Waals surface area contributed by atoms with Gasteiger partial charge in [0.05, 0.1) is 5.39 Å². The number of nitrogens with zero attached hydrogens (tertiary/aromatic N) is 3. The molecule has 1 aliphatic heterocycles. The van der Waals surface area contributed by atoms with Crippen molar-refractivity contribution in [1.29, 1.82) is 0 Å². The average molecular weight is 290 g/mol. The van der Waals surface area contributed by atoms with Gasteiger partial charge in [-0.15, -0.1) is 11.3 Å². The molecule has 2 aromatic rings. The third-order valence-electron chi connectivity index (χ3n) is 4.65. The first-order valence-corrected chi connectivity index (χ1v) is 8.21. The number of piperidine rings is 1. The van der Waals surface area contributed by atoms with Gasteiger partial charge in [-0.1, -0.05) is 20.3 Å². The van der Waals surface area contributed by atoms with Crippen LogP contribution in [0.3, 0.4) is 0 Å². The molecular weight excluding hydrogens is 268 g/mol. The minimum Gasteiger partial charge on any atom is -0.357 e. The highest BCUT2D eigenvalue weighted by Crippen LogP contribution is 2.37. The SMILES string of the molecule is CCC1(C)CCN(c2nc(NC)nc3sccc23)CC1. The van der Waals surface area contributed by atoms with E-state index in [-0.39, 0.29) is 0 Å². The Morgan fingerprint density at radius 1 is 1.35 bits per heavy atom. The molecule has 0 amide bonds. The smallest absolute Gasteiger partial charge is 0.225 e. The molecule has 0 saturated carbocycles. The summed E-state index contributed by atoms with van der Waals surface area (Å²) in [4.78, 5) is 12.7. The van der Waals surface area contributed by atoms with Gasteiger partial charge in [-0.05, 0) is 29.7 Å². The molecule has 0 unspecified atom stereocenters. The summed E-state index contributed by atoms with van der Waals surface area (Å²) >= 11 is 1.68. The van der Waals surface area contributed by atoms with E-state index in [9.17, 15) is 0 Å². The predicted octanol–water partition coefficient (Wildman–Crippen LogP) is 3.75. The number of hydrogen-bond donors (Lipinski definition) is 1. The molecule has 0 bridgehead atoms. The van der Waals surface area contributed by atoms with E-state index >= 15 is 0 Å². The Balaban J connectivity index is 1.92. The number of hydrogen-bond acceptors (Lipinski definition) is 5. The van der Waals surface area contributed by atoms with Crippen LogP contribution >= 0.6 is 11.3 Å². The van der Waals surface area contributed by atoms with E-state index in [4.69, 9.17) is 4.98 Å². The van der Waals surface area contributed by atoms with Gasteiger partial charge >= 0.3 is 0 Å². The maximum absolute atomic E-state index is 4.70. The highest BCUT2D eigenvalue weighted by molar-refractivity contribution is 7.16. The molecule has 1 N–H and O–H groups in total. The van der Waals surface area contributed by atoms with Crippen LogP contribution in [-0.2, 0) is 0 Å². The van der Waals surface area contributed by atoms with Gasteiger partial charge in [-0.25, -0.2) is 4.98 Å². The molecule has 5 heteroatoms. The van der Waals surface area contributed by atoms with E-state index in [0.29, 0.717) is 5.41 Å². The molecule has 0 aliphatic carbocycles. The van der Waals surface area contributed by atoms with E-state index in [1.165, 1.54) is 24.6 Å². The molecular formula is C15H22N4S. The molecule has 1 fully saturated rings. The number of thiophene rings is 1. The van der Waals surface area contributed by atoms with E-state index in [1.54, 1.807) is 11.3 Å². The predicted molar refractivity (Wildman–Crippen MR) is 86.8 cm³/mol. The summed E-state index contributed by atoms with van der Waals surface area (Å²) in [7, 11) is 1.88. The first kappa shape index (κ1) is 13.6. The Kier molecular flexibility index (Phi) is 3.54. The number of nitrogens with one attached hydrogen (secondary N) is 1. The minimum atomic E-state index is 0.503. The van der Waals surface area contributed by atoms with Crippen molar-refractivity contribution in [2.24, 2.45) is 5.41 Å². The molecule has 1 aliphatic rings. The van der Waals surface area contributed by atoms with Crippen LogP contribution in [0.5, 0.6) is 0 Å². The fourth-order valence-electron chi connectivity index (χ4n) is 2.80. The zero-order valence-electron chi connectivity index (χ0n) is 12.4. The van der Waals surface area contributed by atoms with Crippen molar-refractivity contribution in [3.05, 3.63) is 11.4 Å². The third kappa shape index (κ3) is 2.35. The number of aromatic nitrogens is 2. The van der Waals surface area contributed by atoms with E-state index in [2.05, 4.69) is 40.5 Å². The number of fused-ring (bicyclic) bond motifs is 1. The molecule has 0 aromatic carbocycles. The van der Waals surface area contributed by atoms with Gasteiger partial charge in [0.1, 0.15) is 10.6 Å². The fraction of sp³-hybridized carbons (Fsp3) is 0.600. The lowest BCUT2D eigenvalue weighted by molar-refractivity contribution is 0.238. The van der Waals surface area contributed by atoms with Gasteiger partial charge in [0.2, 0.25) is 5.95 Å². The second-order valence-electron chi connectivity index (χ2n) is 5.91. The van der Waals surface area contributed by atoms with Gasteiger partial charge < -0.3 is 10.2 Å². The Labute approximate surface area is 124 Å². The lowest BCUT2D eigenvalue weighted by Gasteiger charge is -2.39. The molecule has 0 radical (unpaired) electrons. The van der Waals surface area contributed by atoms with Crippen molar-refractivity contribution in [1.82, 2.24) is 9.97 Å². The maximum Gasteiger partial charge on any atom is 0.225 e. The lowest BCUT2D eigenvalue weighted by atomic mass is 9.78. The maximum atomic E-state index is 4.70. The molecule has 3 heterocycles. The quantitative estimate of drug-likeness (QED) is 0.934. The standard InChI is InChI=1S/C15H22N4S/c1-4-15(2)6-8-19(9-7-15)12-11-5-10-20-13(11)18-14(16-3)17-12/h5,10H,4,6-9H2,1-3H3,(H,16,17,18). The zero-order valence-corrected chi connectivity index (χ0v) is 13.3. The van der Waals surface area contributed by atoms with Crippen molar-refractivity contribution in [2.75, 3.05) is 30.4 Å². The van der Waals surface area contributed by atoms with Gasteiger partial charge in [-0.2, -0.15) is 4.98 Å². The molecule has 2 aromatic heterocycles. The van der Waals surface area contributed by atoms with Crippen LogP contribution < -0.4 is 10.2 Å². The normalized spacial score (nSPS) is 18.4. The van der Waals surface area contributed by atoms with Crippen molar-refractivity contribution >= 4 is 33.3 Å². The molecule has 4 nitrogen and oxygen atoms in total. The Morgan fingerprint density at radius 3 is 2.75 bits per heavy atom. The van der Waals surface area contributed by atoms with Gasteiger partial charge in [0, 0.05) is 20.1 Å². The highest BCUT2D eigenvalue weighted by atomic mass is 32.1. The molecule has 0 spiro atoms. The van der Waals surface area contributed by atoms with Gasteiger partial charge in [0.15, 0.2) is 0 Å². The summed E-state index contributed by atoms with van der Waals surface area (Å²) in [5.74, 6) is 1.82. The van der Waals surface area contributed by atoms with Crippen molar-refractivity contribution in [3.8, 4) is 0 Å². The van der Waals surface area contributed by atoms with E-state index < -0.39 is 0 Å². The van der Waals surface area contributed by atoms with Crippen molar-refractivity contribution < 1.29 is 0 Å². The molecule has 108 valence electrons. The first-order chi connectivity index (χ1) is 9.65. The van der Waals surface area contributed by atoms with Crippen LogP contribution in [-0.4, -0.2) is 30.1 Å². The molecule has 3 rings (SSSR count). The Hall–Kier alpha value is -1.36. The van der Waals surface area contributed by atoms with Crippen LogP contribution in [0.1, 0.15) is 33.1 Å². The third-order valence-corrected chi connectivity index (χ3v) is 5.46. The summed E-state index contributed by atoms with van der Waals surface area (Å²) in [6.45, 7) is 6.89. The van der Waals surface area contributed by atoms with Crippen molar-refractivity contribution in [3.63, 3.8) is 0 Å². The second-order valence-corrected chi connectivity index (χ2v) is 6.81. The van der Waals surface area contributed by atoms with Gasteiger partial charge in [0.25, 0.3) is 0 Å². The minimum absolute atomic E-state index is 0.503. The molecule has 20 heavy (non-hydrogen) atoms. The summed E-state index contributed by atoms with van der Waals surface area (Å²) < 4.78 is 0.